The molecule has 1 saturated heterocycles. The number of hydrogen-bond acceptors (Lipinski definition) is 5. The predicted octanol–water partition coefficient (Wildman–Crippen LogP) is -0.152. The largest absolute Gasteiger partial charge is 0.480 e. The van der Waals surface area contributed by atoms with Crippen LogP contribution in [0.2, 0.25) is 0 Å². The van der Waals surface area contributed by atoms with Gasteiger partial charge in [0.25, 0.3) is 11.6 Å². The number of carbonyl (C=O) groups is 2. The van der Waals surface area contributed by atoms with Crippen molar-refractivity contribution in [1.29, 1.82) is 0 Å². The molecule has 9 heteroatoms. The molecule has 1 fully saturated rings. The van der Waals surface area contributed by atoms with Gasteiger partial charge in [-0.2, -0.15) is 0 Å². The van der Waals surface area contributed by atoms with Gasteiger partial charge in [0.05, 0.1) is 24.3 Å². The molecule has 2 heterocycles. The van der Waals surface area contributed by atoms with Gasteiger partial charge in [0.15, 0.2) is 6.04 Å². The lowest BCUT2D eigenvalue weighted by molar-refractivity contribution is -0.384. The number of amides is 1. The summed E-state index contributed by atoms with van der Waals surface area (Å²) >= 11 is 0. The van der Waals surface area contributed by atoms with Gasteiger partial charge in [-0.25, -0.2) is 4.79 Å². The zero-order chi connectivity index (χ0) is 14.0. The first-order valence-corrected chi connectivity index (χ1v) is 5.45. The van der Waals surface area contributed by atoms with Crippen LogP contribution in [0.4, 0.5) is 5.69 Å². The highest BCUT2D eigenvalue weighted by molar-refractivity contribution is 5.95. The summed E-state index contributed by atoms with van der Waals surface area (Å²) in [4.78, 5) is 36.6. The quantitative estimate of drug-likeness (QED) is 0.580. The van der Waals surface area contributed by atoms with Gasteiger partial charge in [-0.05, 0) is 0 Å². The van der Waals surface area contributed by atoms with Crippen LogP contribution in [0.3, 0.4) is 0 Å². The van der Waals surface area contributed by atoms with E-state index in [2.05, 4.69) is 4.98 Å². The topological polar surface area (TPSA) is 126 Å². The molecule has 0 aromatic carbocycles. The number of aromatic nitrogens is 1. The molecular weight excluding hydrogens is 258 g/mol. The minimum atomic E-state index is -1.17. The van der Waals surface area contributed by atoms with Crippen LogP contribution in [0.25, 0.3) is 0 Å². The molecule has 0 aliphatic carbocycles. The second-order valence-electron chi connectivity index (χ2n) is 3.96. The summed E-state index contributed by atoms with van der Waals surface area (Å²) in [6.45, 7) is 0.269. The number of H-pyrrole nitrogens is 1. The third-order valence-corrected chi connectivity index (χ3v) is 2.78. The van der Waals surface area contributed by atoms with Gasteiger partial charge in [0.1, 0.15) is 5.69 Å². The molecule has 2 N–H and O–H groups in total. The van der Waals surface area contributed by atoms with E-state index in [1.54, 1.807) is 0 Å². The fourth-order valence-electron chi connectivity index (χ4n) is 1.82. The molecule has 1 atom stereocenters. The van der Waals surface area contributed by atoms with Crippen molar-refractivity contribution in [2.24, 2.45) is 0 Å². The molecule has 1 unspecified atom stereocenters. The number of aliphatic carboxylic acids is 1. The molecule has 19 heavy (non-hydrogen) atoms. The van der Waals surface area contributed by atoms with E-state index in [1.807, 2.05) is 0 Å². The number of aromatic amines is 1. The Balaban J connectivity index is 2.21. The summed E-state index contributed by atoms with van der Waals surface area (Å²) in [6.07, 6.45) is 1.09. The van der Waals surface area contributed by atoms with Crippen LogP contribution < -0.4 is 0 Å². The van der Waals surface area contributed by atoms with Crippen molar-refractivity contribution in [3.8, 4) is 0 Å². The number of nitrogens with one attached hydrogen (secondary N) is 1. The second kappa shape index (κ2) is 5.06. The van der Waals surface area contributed by atoms with Crippen molar-refractivity contribution < 1.29 is 24.4 Å². The molecule has 1 aromatic heterocycles. The van der Waals surface area contributed by atoms with E-state index in [-0.39, 0.29) is 31.1 Å². The molecule has 1 aliphatic heterocycles. The summed E-state index contributed by atoms with van der Waals surface area (Å²) in [5, 5.41) is 19.5. The number of nitro groups is 1. The maximum Gasteiger partial charge on any atom is 0.328 e. The van der Waals surface area contributed by atoms with Crippen molar-refractivity contribution in [1.82, 2.24) is 9.88 Å². The molecular formula is C10H11N3O6. The van der Waals surface area contributed by atoms with Crippen LogP contribution in [0, 0.1) is 10.1 Å². The molecule has 2 rings (SSSR count). The van der Waals surface area contributed by atoms with Gasteiger partial charge in [-0.3, -0.25) is 14.9 Å². The first-order valence-electron chi connectivity index (χ1n) is 5.45. The SMILES string of the molecule is O=C(O)C1COCCN1C(=O)c1cc([N+](=O)[O-])c[nH]1. The number of carboxylic acid groups (broad SMARTS) is 1. The summed E-state index contributed by atoms with van der Waals surface area (Å²) in [5.74, 6) is -1.77. The summed E-state index contributed by atoms with van der Waals surface area (Å²) in [5.41, 5.74) is -0.261. The van der Waals surface area contributed by atoms with Gasteiger partial charge in [-0.1, -0.05) is 0 Å². The molecule has 1 aliphatic rings. The lowest BCUT2D eigenvalue weighted by Crippen LogP contribution is -2.52. The smallest absolute Gasteiger partial charge is 0.328 e. The van der Waals surface area contributed by atoms with E-state index >= 15 is 0 Å². The number of nitrogens with zero attached hydrogens (tertiary/aromatic N) is 2. The van der Waals surface area contributed by atoms with Crippen LogP contribution in [0.5, 0.6) is 0 Å². The number of carboxylic acids is 1. The van der Waals surface area contributed by atoms with E-state index in [1.165, 1.54) is 0 Å². The minimum Gasteiger partial charge on any atom is -0.480 e. The summed E-state index contributed by atoms with van der Waals surface area (Å²) < 4.78 is 5.01. The fraction of sp³-hybridized carbons (Fsp3) is 0.400. The van der Waals surface area contributed by atoms with Crippen LogP contribution in [0.15, 0.2) is 12.3 Å². The predicted molar refractivity (Wildman–Crippen MR) is 60.7 cm³/mol. The van der Waals surface area contributed by atoms with Crippen molar-refractivity contribution in [3.05, 3.63) is 28.1 Å². The molecule has 1 amide bonds. The third kappa shape index (κ3) is 2.55. The Bertz CT molecular complexity index is 525. The molecule has 0 radical (unpaired) electrons. The van der Waals surface area contributed by atoms with Crippen molar-refractivity contribution in [2.75, 3.05) is 19.8 Å². The Morgan fingerprint density at radius 2 is 2.32 bits per heavy atom. The number of morpholine rings is 1. The average Bonchev–Trinajstić information content (AvgIpc) is 2.87. The van der Waals surface area contributed by atoms with E-state index in [0.29, 0.717) is 0 Å². The van der Waals surface area contributed by atoms with Crippen molar-refractivity contribution >= 4 is 17.6 Å². The van der Waals surface area contributed by atoms with Crippen LogP contribution in [-0.2, 0) is 9.53 Å². The monoisotopic (exact) mass is 269 g/mol. The first kappa shape index (κ1) is 13.0. The molecule has 102 valence electrons. The number of carbonyl (C=O) groups excluding carboxylic acids is 1. The Kier molecular flexibility index (Phi) is 3.47. The minimum absolute atomic E-state index is 0.0140. The second-order valence-corrected chi connectivity index (χ2v) is 3.96. The normalized spacial score (nSPS) is 19.2. The maximum atomic E-state index is 12.1. The van der Waals surface area contributed by atoms with Crippen LogP contribution in [0.1, 0.15) is 10.5 Å². The van der Waals surface area contributed by atoms with E-state index in [0.717, 1.165) is 17.2 Å². The molecule has 0 bridgehead atoms. The van der Waals surface area contributed by atoms with Crippen LogP contribution in [-0.4, -0.2) is 57.6 Å². The number of ether oxygens (including phenoxy) is 1. The highest BCUT2D eigenvalue weighted by Crippen LogP contribution is 2.16. The third-order valence-electron chi connectivity index (χ3n) is 2.78. The first-order chi connectivity index (χ1) is 9.00. The van der Waals surface area contributed by atoms with Crippen molar-refractivity contribution in [3.63, 3.8) is 0 Å². The van der Waals surface area contributed by atoms with Gasteiger partial charge in [0, 0.05) is 12.6 Å². The van der Waals surface area contributed by atoms with Gasteiger partial charge < -0.3 is 19.7 Å². The summed E-state index contributed by atoms with van der Waals surface area (Å²) in [7, 11) is 0. The van der Waals surface area contributed by atoms with E-state index in [9.17, 15) is 19.7 Å². The fourth-order valence-corrected chi connectivity index (χ4v) is 1.82. The van der Waals surface area contributed by atoms with E-state index in [4.69, 9.17) is 9.84 Å². The molecule has 9 nitrogen and oxygen atoms in total. The molecule has 0 spiro atoms. The Labute approximate surface area is 106 Å². The number of rotatable bonds is 3. The molecule has 1 aromatic rings. The van der Waals surface area contributed by atoms with Gasteiger partial charge in [-0.15, -0.1) is 0 Å². The van der Waals surface area contributed by atoms with Crippen molar-refractivity contribution in [2.45, 2.75) is 6.04 Å². The Morgan fingerprint density at radius 3 is 2.89 bits per heavy atom. The van der Waals surface area contributed by atoms with Crippen LogP contribution >= 0.6 is 0 Å². The maximum absolute atomic E-state index is 12.1. The molecule has 0 saturated carbocycles. The van der Waals surface area contributed by atoms with E-state index < -0.39 is 22.8 Å². The highest BCUT2D eigenvalue weighted by Gasteiger charge is 2.34. The van der Waals surface area contributed by atoms with Gasteiger partial charge >= 0.3 is 5.97 Å². The average molecular weight is 269 g/mol. The highest BCUT2D eigenvalue weighted by atomic mass is 16.6. The van der Waals surface area contributed by atoms with Gasteiger partial charge in [0.2, 0.25) is 0 Å². The summed E-state index contributed by atoms with van der Waals surface area (Å²) in [6, 6.07) is 0.0000718. The zero-order valence-electron chi connectivity index (χ0n) is 9.74. The number of hydrogen-bond donors (Lipinski definition) is 2. The lowest BCUT2D eigenvalue weighted by atomic mass is 10.2. The Morgan fingerprint density at radius 1 is 1.58 bits per heavy atom. The standard InChI is InChI=1S/C10H11N3O6/c14-9(7-3-6(4-11-7)13(17)18)12-1-2-19-5-8(12)10(15)16/h3-4,8,11H,1-2,5H2,(H,15,16). The zero-order valence-corrected chi connectivity index (χ0v) is 9.74. The Hall–Kier alpha value is -2.42. The lowest BCUT2D eigenvalue weighted by Gasteiger charge is -2.32.